The third kappa shape index (κ3) is 6.70. The number of para-hydroxylation sites is 2. The molecule has 2 heterocycles. The van der Waals surface area contributed by atoms with Crippen LogP contribution in [0.25, 0.3) is 6.08 Å². The zero-order chi connectivity index (χ0) is 24.6. The average Bonchev–Trinajstić information content (AvgIpc) is 3.31. The maximum absolute atomic E-state index is 12.7. The lowest BCUT2D eigenvalue weighted by molar-refractivity contribution is -0.130. The van der Waals surface area contributed by atoms with Crippen LogP contribution in [0.1, 0.15) is 29.1 Å². The van der Waals surface area contributed by atoms with Gasteiger partial charge >= 0.3 is 0 Å². The molecule has 0 spiro atoms. The summed E-state index contributed by atoms with van der Waals surface area (Å²) in [5.41, 5.74) is 2.45. The molecule has 0 bridgehead atoms. The van der Waals surface area contributed by atoms with Gasteiger partial charge in [0.15, 0.2) is 0 Å². The van der Waals surface area contributed by atoms with Crippen molar-refractivity contribution in [2.45, 2.75) is 26.4 Å². The molecule has 35 heavy (non-hydrogen) atoms. The molecule has 8 heteroatoms. The normalized spacial score (nSPS) is 14.2. The van der Waals surface area contributed by atoms with Gasteiger partial charge in [0.25, 0.3) is 0 Å². The fourth-order valence-corrected chi connectivity index (χ4v) is 4.55. The smallest absolute Gasteiger partial charge is 0.246 e. The fraction of sp³-hybridized carbons (Fsp3) is 0.296. The Morgan fingerprint density at radius 2 is 1.97 bits per heavy atom. The number of aryl methyl sites for hydroxylation is 1. The van der Waals surface area contributed by atoms with Crippen LogP contribution >= 0.6 is 11.3 Å². The number of aromatic nitrogens is 1. The van der Waals surface area contributed by atoms with Gasteiger partial charge in [0.1, 0.15) is 18.1 Å². The van der Waals surface area contributed by atoms with Gasteiger partial charge in [-0.15, -0.1) is 11.3 Å². The number of hydrogen-bond donors (Lipinski definition) is 1. The molecule has 3 aromatic rings. The van der Waals surface area contributed by atoms with Gasteiger partial charge in [-0.3, -0.25) is 9.59 Å². The third-order valence-electron chi connectivity index (χ3n) is 5.87. The van der Waals surface area contributed by atoms with Crippen molar-refractivity contribution in [3.63, 3.8) is 0 Å². The van der Waals surface area contributed by atoms with E-state index in [0.29, 0.717) is 44.0 Å². The molecule has 0 atom stereocenters. The Hall–Kier alpha value is -3.65. The zero-order valence-corrected chi connectivity index (χ0v) is 20.7. The number of amides is 2. The number of methoxy groups -OCH3 is 1. The molecule has 182 valence electrons. The van der Waals surface area contributed by atoms with Crippen molar-refractivity contribution in [2.24, 2.45) is 5.92 Å². The molecule has 1 fully saturated rings. The van der Waals surface area contributed by atoms with Crippen molar-refractivity contribution in [1.29, 1.82) is 0 Å². The Kier molecular flexibility index (Phi) is 8.15. The van der Waals surface area contributed by atoms with E-state index in [2.05, 4.69) is 10.3 Å². The summed E-state index contributed by atoms with van der Waals surface area (Å²) in [6, 6.07) is 15.0. The van der Waals surface area contributed by atoms with Gasteiger partial charge in [-0.2, -0.15) is 0 Å². The highest BCUT2D eigenvalue weighted by molar-refractivity contribution is 7.09. The standard InChI is InChI=1S/C27H29N3O4S/c1-19-28-22(18-35-19)17-34-23-7-5-6-20(16-23)10-11-26(31)30-14-12-21(13-15-30)27(32)29-24-8-3-4-9-25(24)33-2/h3-11,16,18,21H,12-15,17H2,1-2H3,(H,29,32)/b11-10+. The number of likely N-dealkylation sites (tertiary alicyclic amines) is 1. The molecule has 0 saturated carbocycles. The maximum atomic E-state index is 12.7. The lowest BCUT2D eigenvalue weighted by Crippen LogP contribution is -2.40. The number of carbonyl (C=O) groups excluding carboxylic acids is 2. The molecule has 0 radical (unpaired) electrons. The maximum Gasteiger partial charge on any atom is 0.246 e. The minimum atomic E-state index is -0.136. The first-order valence-electron chi connectivity index (χ1n) is 11.6. The summed E-state index contributed by atoms with van der Waals surface area (Å²) in [6.07, 6.45) is 4.63. The van der Waals surface area contributed by atoms with Crippen LogP contribution in [0.3, 0.4) is 0 Å². The van der Waals surface area contributed by atoms with Crippen LogP contribution in [-0.4, -0.2) is 41.9 Å². The quantitative estimate of drug-likeness (QED) is 0.452. The second kappa shape index (κ2) is 11.7. The Balaban J connectivity index is 1.26. The van der Waals surface area contributed by atoms with Gasteiger partial charge in [-0.1, -0.05) is 24.3 Å². The van der Waals surface area contributed by atoms with Gasteiger partial charge in [0.2, 0.25) is 11.8 Å². The first kappa shape index (κ1) is 24.5. The second-order valence-electron chi connectivity index (χ2n) is 8.34. The number of hydrogen-bond acceptors (Lipinski definition) is 6. The van der Waals surface area contributed by atoms with E-state index in [4.69, 9.17) is 9.47 Å². The number of anilines is 1. The van der Waals surface area contributed by atoms with E-state index < -0.39 is 0 Å². The number of benzene rings is 2. The van der Waals surface area contributed by atoms with E-state index in [-0.39, 0.29) is 17.7 Å². The number of carbonyl (C=O) groups is 2. The van der Waals surface area contributed by atoms with Crippen LogP contribution in [-0.2, 0) is 16.2 Å². The van der Waals surface area contributed by atoms with E-state index in [9.17, 15) is 9.59 Å². The van der Waals surface area contributed by atoms with Crippen LogP contribution in [0, 0.1) is 12.8 Å². The van der Waals surface area contributed by atoms with Gasteiger partial charge in [-0.25, -0.2) is 4.98 Å². The summed E-state index contributed by atoms with van der Waals surface area (Å²) in [5.74, 6) is 1.13. The highest BCUT2D eigenvalue weighted by Crippen LogP contribution is 2.26. The minimum absolute atomic E-state index is 0.0400. The summed E-state index contributed by atoms with van der Waals surface area (Å²) in [5, 5.41) is 5.96. The van der Waals surface area contributed by atoms with Crippen LogP contribution in [0.2, 0.25) is 0 Å². The lowest BCUT2D eigenvalue weighted by Gasteiger charge is -2.30. The summed E-state index contributed by atoms with van der Waals surface area (Å²) < 4.78 is 11.1. The van der Waals surface area contributed by atoms with E-state index in [1.54, 1.807) is 35.5 Å². The van der Waals surface area contributed by atoms with E-state index in [0.717, 1.165) is 22.0 Å². The number of thiazole rings is 1. The van der Waals surface area contributed by atoms with Crippen LogP contribution in [0.4, 0.5) is 5.69 Å². The van der Waals surface area contributed by atoms with Gasteiger partial charge in [-0.05, 0) is 55.7 Å². The molecule has 0 unspecified atom stereocenters. The summed E-state index contributed by atoms with van der Waals surface area (Å²) >= 11 is 1.60. The van der Waals surface area contributed by atoms with Crippen molar-refractivity contribution < 1.29 is 19.1 Å². The first-order valence-corrected chi connectivity index (χ1v) is 12.4. The Labute approximate surface area is 209 Å². The van der Waals surface area contributed by atoms with Crippen molar-refractivity contribution >= 4 is 34.9 Å². The zero-order valence-electron chi connectivity index (χ0n) is 19.9. The Bertz CT molecular complexity index is 1200. The monoisotopic (exact) mass is 491 g/mol. The largest absolute Gasteiger partial charge is 0.495 e. The lowest BCUT2D eigenvalue weighted by atomic mass is 9.95. The van der Waals surface area contributed by atoms with E-state index in [1.807, 2.05) is 60.8 Å². The molecule has 1 N–H and O–H groups in total. The molecule has 2 amide bonds. The SMILES string of the molecule is COc1ccccc1NC(=O)C1CCN(C(=O)/C=C/c2cccc(OCc3csc(C)n3)c2)CC1. The predicted molar refractivity (Wildman–Crippen MR) is 138 cm³/mol. The third-order valence-corrected chi connectivity index (χ3v) is 6.69. The summed E-state index contributed by atoms with van der Waals surface area (Å²) in [4.78, 5) is 31.6. The van der Waals surface area contributed by atoms with Crippen LogP contribution in [0.5, 0.6) is 11.5 Å². The molecule has 1 aliphatic heterocycles. The van der Waals surface area contributed by atoms with Gasteiger partial charge < -0.3 is 19.7 Å². The number of piperidine rings is 1. The molecule has 1 aliphatic rings. The fourth-order valence-electron chi connectivity index (χ4n) is 3.96. The molecule has 2 aromatic carbocycles. The highest BCUT2D eigenvalue weighted by atomic mass is 32.1. The minimum Gasteiger partial charge on any atom is -0.495 e. The van der Waals surface area contributed by atoms with Crippen molar-refractivity contribution in [3.05, 3.63) is 76.3 Å². The average molecular weight is 492 g/mol. The number of nitrogens with one attached hydrogen (secondary N) is 1. The summed E-state index contributed by atoms with van der Waals surface area (Å²) in [7, 11) is 1.58. The highest BCUT2D eigenvalue weighted by Gasteiger charge is 2.27. The number of rotatable bonds is 8. The second-order valence-corrected chi connectivity index (χ2v) is 9.40. The molecule has 1 aromatic heterocycles. The van der Waals surface area contributed by atoms with Gasteiger partial charge in [0.05, 0.1) is 23.5 Å². The van der Waals surface area contributed by atoms with E-state index in [1.165, 1.54) is 0 Å². The molecule has 0 aliphatic carbocycles. The Morgan fingerprint density at radius 3 is 2.71 bits per heavy atom. The van der Waals surface area contributed by atoms with Crippen molar-refractivity contribution in [1.82, 2.24) is 9.88 Å². The molecular formula is C27H29N3O4S. The number of nitrogens with zero attached hydrogens (tertiary/aromatic N) is 2. The van der Waals surface area contributed by atoms with Gasteiger partial charge in [0, 0.05) is 30.5 Å². The summed E-state index contributed by atoms with van der Waals surface area (Å²) in [6.45, 7) is 3.47. The van der Waals surface area contributed by atoms with Crippen LogP contribution in [0.15, 0.2) is 60.0 Å². The molecular weight excluding hydrogens is 462 g/mol. The van der Waals surface area contributed by atoms with E-state index >= 15 is 0 Å². The first-order chi connectivity index (χ1) is 17.0. The molecule has 7 nitrogen and oxygen atoms in total. The molecule has 1 saturated heterocycles. The predicted octanol–water partition coefficient (Wildman–Crippen LogP) is 4.93. The Morgan fingerprint density at radius 1 is 1.17 bits per heavy atom. The molecule has 4 rings (SSSR count). The number of ether oxygens (including phenoxy) is 2. The topological polar surface area (TPSA) is 80.8 Å². The van der Waals surface area contributed by atoms with Crippen molar-refractivity contribution in [2.75, 3.05) is 25.5 Å². The van der Waals surface area contributed by atoms with Crippen LogP contribution < -0.4 is 14.8 Å². The van der Waals surface area contributed by atoms with Crippen molar-refractivity contribution in [3.8, 4) is 11.5 Å².